The molecule has 2 aromatic carbocycles. The number of carbonyl (C=O) groups is 2. The van der Waals surface area contributed by atoms with E-state index >= 15 is 0 Å². The summed E-state index contributed by atoms with van der Waals surface area (Å²) in [4.78, 5) is 21.4. The maximum atomic E-state index is 10.6. The van der Waals surface area contributed by atoms with Crippen molar-refractivity contribution >= 4 is 81.3 Å². The molecule has 0 fully saturated rings. The van der Waals surface area contributed by atoms with Crippen LogP contribution >= 0.6 is 46.3 Å². The molecule has 0 spiro atoms. The van der Waals surface area contributed by atoms with Crippen LogP contribution in [0.5, 0.6) is 0 Å². The average Bonchev–Trinajstić information content (AvgIpc) is 3.43. The molecule has 11 heteroatoms. The topological polar surface area (TPSA) is 106 Å². The number of rotatable bonds is 4. The fourth-order valence-corrected chi connectivity index (χ4v) is 4.07. The van der Waals surface area contributed by atoms with Gasteiger partial charge in [-0.1, -0.05) is 47.5 Å². The van der Waals surface area contributed by atoms with Crippen molar-refractivity contribution in [2.24, 2.45) is 0 Å². The van der Waals surface area contributed by atoms with E-state index in [-0.39, 0.29) is 32.8 Å². The SMILES string of the molecule is Cc1ccc(-c2cc(C(=O)[O-])sn2)cc1Cl.Cc1ccc(-c2cc(C(=O)[O-])sn2)cc1Cl.[Mg+2]. The van der Waals surface area contributed by atoms with E-state index in [1.54, 1.807) is 12.1 Å². The Morgan fingerprint density at radius 3 is 1.36 bits per heavy atom. The molecule has 6 nitrogen and oxygen atoms in total. The van der Waals surface area contributed by atoms with E-state index in [1.165, 1.54) is 12.1 Å². The van der Waals surface area contributed by atoms with Gasteiger partial charge in [0, 0.05) is 21.2 Å². The third kappa shape index (κ3) is 6.98. The van der Waals surface area contributed by atoms with Gasteiger partial charge in [0.25, 0.3) is 0 Å². The molecule has 33 heavy (non-hydrogen) atoms. The summed E-state index contributed by atoms with van der Waals surface area (Å²) >= 11 is 13.8. The molecule has 0 aliphatic heterocycles. The number of nitrogens with zero attached hydrogens (tertiary/aromatic N) is 2. The standard InChI is InChI=1S/2C11H8ClNO2S.Mg/c2*1-6-2-3-7(4-8(6)12)9-5-10(11(14)15)16-13-9;/h2*2-5H,1H3,(H,14,15);/q;;+2/p-2. The van der Waals surface area contributed by atoms with Crippen LogP contribution in [0, 0.1) is 13.8 Å². The van der Waals surface area contributed by atoms with Gasteiger partial charge in [-0.2, -0.15) is 8.75 Å². The molecule has 0 bridgehead atoms. The Kier molecular flexibility index (Phi) is 9.83. The Morgan fingerprint density at radius 1 is 0.727 bits per heavy atom. The number of halogens is 2. The number of carboxylic acid groups (broad SMARTS) is 2. The number of benzene rings is 2. The first-order chi connectivity index (χ1) is 15.2. The number of aromatic nitrogens is 2. The van der Waals surface area contributed by atoms with Crippen molar-refractivity contribution < 1.29 is 19.8 Å². The normalized spacial score (nSPS) is 10.1. The molecule has 4 aromatic rings. The van der Waals surface area contributed by atoms with Gasteiger partial charge in [-0.3, -0.25) is 0 Å². The summed E-state index contributed by atoms with van der Waals surface area (Å²) in [5, 5.41) is 22.5. The Balaban J connectivity index is 0.000000227. The van der Waals surface area contributed by atoms with Crippen LogP contribution in [-0.4, -0.2) is 43.7 Å². The van der Waals surface area contributed by atoms with Crippen LogP contribution in [0.25, 0.3) is 22.5 Å². The first-order valence-electron chi connectivity index (χ1n) is 9.05. The molecule has 0 unspecified atom stereocenters. The largest absolute Gasteiger partial charge is 2.00 e. The number of carboxylic acids is 2. The van der Waals surface area contributed by atoms with Crippen molar-refractivity contribution in [3.8, 4) is 22.5 Å². The number of hydrogen-bond donors (Lipinski definition) is 0. The van der Waals surface area contributed by atoms with Gasteiger partial charge in [0.1, 0.15) is 0 Å². The minimum atomic E-state index is -1.21. The third-order valence-electron chi connectivity index (χ3n) is 4.36. The minimum absolute atomic E-state index is 0. The molecule has 2 heterocycles. The van der Waals surface area contributed by atoms with Crippen molar-refractivity contribution in [3.63, 3.8) is 0 Å². The van der Waals surface area contributed by atoms with Gasteiger partial charge < -0.3 is 19.8 Å². The van der Waals surface area contributed by atoms with E-state index in [0.29, 0.717) is 21.4 Å². The summed E-state index contributed by atoms with van der Waals surface area (Å²) in [5.74, 6) is -2.41. The quantitative estimate of drug-likeness (QED) is 0.371. The summed E-state index contributed by atoms with van der Waals surface area (Å²) in [7, 11) is 0. The summed E-state index contributed by atoms with van der Waals surface area (Å²) in [6, 6.07) is 14.0. The molecule has 0 amide bonds. The van der Waals surface area contributed by atoms with Gasteiger partial charge in [0.05, 0.1) is 33.1 Å². The van der Waals surface area contributed by atoms with Crippen molar-refractivity contribution in [1.29, 1.82) is 0 Å². The van der Waals surface area contributed by atoms with Crippen LogP contribution < -0.4 is 10.2 Å². The zero-order valence-corrected chi connectivity index (χ0v) is 22.0. The van der Waals surface area contributed by atoms with Gasteiger partial charge in [-0.05, 0) is 72.3 Å². The molecule has 0 N–H and O–H groups in total. The predicted octanol–water partition coefficient (Wildman–Crippen LogP) is 3.89. The van der Waals surface area contributed by atoms with E-state index in [9.17, 15) is 19.8 Å². The second kappa shape index (κ2) is 11.9. The zero-order chi connectivity index (χ0) is 23.4. The monoisotopic (exact) mass is 528 g/mol. The predicted molar refractivity (Wildman–Crippen MR) is 129 cm³/mol. The number of carbonyl (C=O) groups excluding carboxylic acids is 2. The second-order valence-electron chi connectivity index (χ2n) is 6.66. The van der Waals surface area contributed by atoms with E-state index in [2.05, 4.69) is 8.75 Å². The third-order valence-corrected chi connectivity index (χ3v) is 6.71. The summed E-state index contributed by atoms with van der Waals surface area (Å²) in [5.41, 5.74) is 4.76. The van der Waals surface area contributed by atoms with Crippen molar-refractivity contribution in [2.75, 3.05) is 0 Å². The smallest absolute Gasteiger partial charge is 0.544 e. The molecule has 0 saturated heterocycles. The second-order valence-corrected chi connectivity index (χ2v) is 9.08. The van der Waals surface area contributed by atoms with Crippen molar-refractivity contribution in [3.05, 3.63) is 79.5 Å². The first kappa shape index (κ1) is 27.2. The fraction of sp³-hybridized carbons (Fsp3) is 0.0909. The maximum Gasteiger partial charge on any atom is 2.00 e. The molecule has 0 radical (unpaired) electrons. The molecule has 0 aliphatic rings. The van der Waals surface area contributed by atoms with Crippen molar-refractivity contribution in [1.82, 2.24) is 8.75 Å². The number of aryl methyl sites for hydroxylation is 2. The molecule has 0 saturated carbocycles. The zero-order valence-electron chi connectivity index (χ0n) is 17.4. The molecular weight excluding hydrogens is 516 g/mol. The molecule has 4 rings (SSSR count). The van der Waals surface area contributed by atoms with Crippen LogP contribution in [0.3, 0.4) is 0 Å². The molecular formula is C22H14Cl2MgN2O4S2. The summed E-state index contributed by atoms with van der Waals surface area (Å²) < 4.78 is 8.08. The summed E-state index contributed by atoms with van der Waals surface area (Å²) in [6.45, 7) is 3.81. The van der Waals surface area contributed by atoms with Crippen LogP contribution in [-0.2, 0) is 0 Å². The Labute approximate surface area is 224 Å². The number of hydrogen-bond acceptors (Lipinski definition) is 8. The van der Waals surface area contributed by atoms with E-state index in [1.807, 2.05) is 38.1 Å². The minimum Gasteiger partial charge on any atom is -0.544 e. The van der Waals surface area contributed by atoms with Gasteiger partial charge >= 0.3 is 23.1 Å². The number of aromatic carboxylic acids is 2. The molecule has 0 aliphatic carbocycles. The van der Waals surface area contributed by atoms with Gasteiger partial charge in [0.15, 0.2) is 0 Å². The van der Waals surface area contributed by atoms with E-state index in [0.717, 1.165) is 45.3 Å². The Bertz CT molecular complexity index is 1210. The van der Waals surface area contributed by atoms with Gasteiger partial charge in [0.2, 0.25) is 0 Å². The van der Waals surface area contributed by atoms with Crippen LogP contribution in [0.2, 0.25) is 10.0 Å². The van der Waals surface area contributed by atoms with Crippen LogP contribution in [0.4, 0.5) is 0 Å². The van der Waals surface area contributed by atoms with E-state index < -0.39 is 11.9 Å². The first-order valence-corrected chi connectivity index (χ1v) is 11.3. The fourth-order valence-electron chi connectivity index (χ4n) is 2.52. The van der Waals surface area contributed by atoms with E-state index in [4.69, 9.17) is 23.2 Å². The van der Waals surface area contributed by atoms with Crippen LogP contribution in [0.1, 0.15) is 30.5 Å². The molecule has 0 atom stereocenters. The molecule has 2 aromatic heterocycles. The average molecular weight is 530 g/mol. The maximum absolute atomic E-state index is 10.6. The van der Waals surface area contributed by atoms with Crippen LogP contribution in [0.15, 0.2) is 48.5 Å². The van der Waals surface area contributed by atoms with Crippen molar-refractivity contribution in [2.45, 2.75) is 13.8 Å². The van der Waals surface area contributed by atoms with Gasteiger partial charge in [-0.15, -0.1) is 0 Å². The molecule has 164 valence electrons. The Hall–Kier alpha value is -2.01. The summed E-state index contributed by atoms with van der Waals surface area (Å²) in [6.07, 6.45) is 0. The Morgan fingerprint density at radius 2 is 1.09 bits per heavy atom. The van der Waals surface area contributed by atoms with Gasteiger partial charge in [-0.25, -0.2) is 0 Å².